The van der Waals surface area contributed by atoms with Crippen LogP contribution in [0.25, 0.3) is 10.1 Å². The second kappa shape index (κ2) is 5.50. The van der Waals surface area contributed by atoms with Crippen molar-refractivity contribution in [1.82, 2.24) is 0 Å². The third kappa shape index (κ3) is 2.43. The van der Waals surface area contributed by atoms with Crippen LogP contribution in [0.5, 0.6) is 0 Å². The van der Waals surface area contributed by atoms with Crippen LogP contribution < -0.4 is 15.2 Å². The summed E-state index contributed by atoms with van der Waals surface area (Å²) in [6.07, 6.45) is 0. The van der Waals surface area contributed by atoms with Crippen molar-refractivity contribution in [2.75, 3.05) is 37.6 Å². The fourth-order valence-corrected chi connectivity index (χ4v) is 3.65. The molecule has 0 atom stereocenters. The number of fused-ring (bicyclic) bond motifs is 1. The van der Waals surface area contributed by atoms with E-state index in [2.05, 4.69) is 11.8 Å². The highest BCUT2D eigenvalue weighted by atomic mass is 32.1. The van der Waals surface area contributed by atoms with E-state index in [-0.39, 0.29) is 11.2 Å². The fraction of sp³-hybridized carbons (Fsp3) is 0.400. The van der Waals surface area contributed by atoms with Gasteiger partial charge >= 0.3 is 0 Å². The SMILES string of the molecule is CC[NH+]1CCN(c2csc3ccc(F)cc3c2=O)CC1. The number of hydrogen-bond donors (Lipinski definition) is 1. The standard InChI is InChI=1S/C15H17FN2OS/c1-2-17-5-7-18(8-6-17)13-10-20-14-4-3-11(16)9-12(14)15(13)19/h3-4,9-10H,2,5-8H2,1H3/p+1. The highest BCUT2D eigenvalue weighted by Crippen LogP contribution is 2.22. The van der Waals surface area contributed by atoms with E-state index in [1.54, 1.807) is 11.0 Å². The molecular weight excluding hydrogens is 275 g/mol. The second-order valence-electron chi connectivity index (χ2n) is 5.18. The van der Waals surface area contributed by atoms with E-state index in [9.17, 15) is 9.18 Å². The van der Waals surface area contributed by atoms with Gasteiger partial charge in [-0.15, -0.1) is 11.3 Å². The highest BCUT2D eigenvalue weighted by Gasteiger charge is 2.21. The van der Waals surface area contributed by atoms with Gasteiger partial charge in [-0.2, -0.15) is 0 Å². The number of quaternary nitrogens is 1. The van der Waals surface area contributed by atoms with Gasteiger partial charge in [0.2, 0.25) is 5.43 Å². The zero-order chi connectivity index (χ0) is 14.1. The third-order valence-corrected chi connectivity index (χ3v) is 4.98. The van der Waals surface area contributed by atoms with Crippen molar-refractivity contribution in [3.63, 3.8) is 0 Å². The van der Waals surface area contributed by atoms with Gasteiger partial charge in [0.05, 0.1) is 38.4 Å². The zero-order valence-electron chi connectivity index (χ0n) is 11.5. The van der Waals surface area contributed by atoms with Crippen LogP contribution in [0.4, 0.5) is 10.1 Å². The van der Waals surface area contributed by atoms with E-state index >= 15 is 0 Å². The van der Waals surface area contributed by atoms with Crippen molar-refractivity contribution in [1.29, 1.82) is 0 Å². The lowest BCUT2D eigenvalue weighted by molar-refractivity contribution is -0.898. The summed E-state index contributed by atoms with van der Waals surface area (Å²) in [6.45, 7) is 7.22. The molecule has 1 fully saturated rings. The predicted molar refractivity (Wildman–Crippen MR) is 81.5 cm³/mol. The molecule has 3 rings (SSSR count). The maximum absolute atomic E-state index is 13.3. The van der Waals surface area contributed by atoms with Gasteiger partial charge in [0.25, 0.3) is 0 Å². The molecule has 5 heteroatoms. The van der Waals surface area contributed by atoms with E-state index in [1.807, 2.05) is 5.38 Å². The van der Waals surface area contributed by atoms with Crippen LogP contribution in [0, 0.1) is 5.82 Å². The Labute approximate surface area is 121 Å². The Morgan fingerprint density at radius 1 is 1.35 bits per heavy atom. The Balaban J connectivity index is 1.96. The van der Waals surface area contributed by atoms with Gasteiger partial charge in [0.15, 0.2) is 0 Å². The monoisotopic (exact) mass is 293 g/mol. The molecule has 0 amide bonds. The van der Waals surface area contributed by atoms with Crippen molar-refractivity contribution in [2.45, 2.75) is 6.92 Å². The summed E-state index contributed by atoms with van der Waals surface area (Å²) in [5, 5.41) is 2.41. The molecule has 1 N–H and O–H groups in total. The molecule has 2 aromatic rings. The van der Waals surface area contributed by atoms with Crippen molar-refractivity contribution in [3.8, 4) is 0 Å². The zero-order valence-corrected chi connectivity index (χ0v) is 12.3. The quantitative estimate of drug-likeness (QED) is 0.898. The van der Waals surface area contributed by atoms with Crippen LogP contribution in [-0.2, 0) is 0 Å². The number of nitrogens with zero attached hydrogens (tertiary/aromatic N) is 1. The molecule has 0 radical (unpaired) electrons. The Kier molecular flexibility index (Phi) is 3.72. The van der Waals surface area contributed by atoms with Crippen molar-refractivity contribution < 1.29 is 9.29 Å². The summed E-state index contributed by atoms with van der Waals surface area (Å²) in [6, 6.07) is 4.44. The molecule has 1 saturated heterocycles. The van der Waals surface area contributed by atoms with Gasteiger partial charge in [-0.05, 0) is 25.1 Å². The number of nitrogens with one attached hydrogen (secondary N) is 1. The van der Waals surface area contributed by atoms with E-state index in [0.29, 0.717) is 5.39 Å². The minimum atomic E-state index is -0.348. The summed E-state index contributed by atoms with van der Waals surface area (Å²) >= 11 is 1.51. The van der Waals surface area contributed by atoms with Crippen LogP contribution in [-0.4, -0.2) is 32.7 Å². The van der Waals surface area contributed by atoms with Crippen LogP contribution >= 0.6 is 11.3 Å². The normalized spacial score (nSPS) is 16.8. The minimum absolute atomic E-state index is 0.0433. The molecule has 0 spiro atoms. The summed E-state index contributed by atoms with van der Waals surface area (Å²) in [4.78, 5) is 16.2. The maximum Gasteiger partial charge on any atom is 0.211 e. The summed E-state index contributed by atoms with van der Waals surface area (Å²) in [5.74, 6) is -0.348. The molecule has 3 nitrogen and oxygen atoms in total. The fourth-order valence-electron chi connectivity index (χ4n) is 2.73. The number of benzene rings is 1. The molecule has 2 heterocycles. The molecular formula is C15H18FN2OS+. The first-order chi connectivity index (χ1) is 9.69. The van der Waals surface area contributed by atoms with Gasteiger partial charge in [-0.1, -0.05) is 0 Å². The maximum atomic E-state index is 13.3. The topological polar surface area (TPSA) is 24.8 Å². The van der Waals surface area contributed by atoms with E-state index < -0.39 is 0 Å². The van der Waals surface area contributed by atoms with Crippen LogP contribution in [0.1, 0.15) is 6.92 Å². The molecule has 20 heavy (non-hydrogen) atoms. The molecule has 1 aromatic heterocycles. The van der Waals surface area contributed by atoms with Crippen LogP contribution in [0.2, 0.25) is 0 Å². The van der Waals surface area contributed by atoms with Gasteiger partial charge in [-0.25, -0.2) is 4.39 Å². The Morgan fingerprint density at radius 3 is 2.80 bits per heavy atom. The van der Waals surface area contributed by atoms with E-state index in [1.165, 1.54) is 23.5 Å². The molecule has 1 aliphatic rings. The van der Waals surface area contributed by atoms with Gasteiger partial charge in [0, 0.05) is 15.5 Å². The molecule has 106 valence electrons. The van der Waals surface area contributed by atoms with Crippen molar-refractivity contribution >= 4 is 27.1 Å². The molecule has 1 aliphatic heterocycles. The van der Waals surface area contributed by atoms with Gasteiger partial charge in [0.1, 0.15) is 5.82 Å². The molecule has 0 unspecified atom stereocenters. The van der Waals surface area contributed by atoms with Gasteiger partial charge < -0.3 is 9.80 Å². The number of anilines is 1. The average Bonchev–Trinajstić information content (AvgIpc) is 2.48. The average molecular weight is 293 g/mol. The number of hydrogen-bond acceptors (Lipinski definition) is 3. The summed E-state index contributed by atoms with van der Waals surface area (Å²) < 4.78 is 14.2. The number of halogens is 1. The first-order valence-electron chi connectivity index (χ1n) is 6.98. The summed E-state index contributed by atoms with van der Waals surface area (Å²) in [7, 11) is 0. The van der Waals surface area contributed by atoms with Gasteiger partial charge in [-0.3, -0.25) is 4.79 Å². The first-order valence-corrected chi connectivity index (χ1v) is 7.86. The smallest absolute Gasteiger partial charge is 0.211 e. The highest BCUT2D eigenvalue weighted by molar-refractivity contribution is 7.16. The largest absolute Gasteiger partial charge is 0.356 e. The lowest BCUT2D eigenvalue weighted by Gasteiger charge is -2.32. The lowest BCUT2D eigenvalue weighted by Crippen LogP contribution is -3.14. The second-order valence-corrected chi connectivity index (χ2v) is 6.09. The van der Waals surface area contributed by atoms with Crippen LogP contribution in [0.3, 0.4) is 0 Å². The predicted octanol–water partition coefficient (Wildman–Crippen LogP) is 1.13. The Bertz CT molecular complexity index is 677. The van der Waals surface area contributed by atoms with Crippen LogP contribution in [0.15, 0.2) is 28.4 Å². The van der Waals surface area contributed by atoms with Crippen molar-refractivity contribution in [3.05, 3.63) is 39.6 Å². The van der Waals surface area contributed by atoms with Crippen molar-refractivity contribution in [2.24, 2.45) is 0 Å². The lowest BCUT2D eigenvalue weighted by atomic mass is 10.2. The Morgan fingerprint density at radius 2 is 2.10 bits per heavy atom. The summed E-state index contributed by atoms with van der Waals surface area (Å²) in [5.41, 5.74) is 0.682. The van der Waals surface area contributed by atoms with E-state index in [4.69, 9.17) is 0 Å². The number of likely N-dealkylation sites (N-methyl/N-ethyl adjacent to an activating group) is 1. The minimum Gasteiger partial charge on any atom is -0.356 e. The number of piperazine rings is 1. The number of rotatable bonds is 2. The van der Waals surface area contributed by atoms with E-state index in [0.717, 1.165) is 43.1 Å². The first kappa shape index (κ1) is 13.5. The molecule has 0 aliphatic carbocycles. The Hall–Kier alpha value is -1.46. The molecule has 1 aromatic carbocycles. The molecule has 0 saturated carbocycles. The third-order valence-electron chi connectivity index (χ3n) is 4.03. The molecule has 0 bridgehead atoms.